The second-order valence-electron chi connectivity index (χ2n) is 6.31. The lowest BCUT2D eigenvalue weighted by Gasteiger charge is -2.48. The van der Waals surface area contributed by atoms with Crippen LogP contribution in [0.15, 0.2) is 30.5 Å². The number of anilines is 1. The first-order chi connectivity index (χ1) is 9.68. The van der Waals surface area contributed by atoms with Crippen molar-refractivity contribution in [3.63, 3.8) is 0 Å². The molecule has 0 aromatic heterocycles. The summed E-state index contributed by atoms with van der Waals surface area (Å²) >= 11 is 0. The Balaban J connectivity index is 2.17. The SMILES string of the molecule is C=C1N[C@@]2(CCOc3ccc(N)cc32)CS(=O)(=O)C1(C)C. The van der Waals surface area contributed by atoms with E-state index in [1.807, 2.05) is 0 Å². The molecule has 1 aromatic rings. The van der Waals surface area contributed by atoms with Crippen molar-refractivity contribution in [2.45, 2.75) is 30.6 Å². The highest BCUT2D eigenvalue weighted by Gasteiger charge is 2.52. The van der Waals surface area contributed by atoms with Crippen molar-refractivity contribution in [1.29, 1.82) is 0 Å². The molecule has 6 heteroatoms. The number of hydrogen-bond acceptors (Lipinski definition) is 5. The molecule has 3 N–H and O–H groups in total. The van der Waals surface area contributed by atoms with Crippen LogP contribution < -0.4 is 15.8 Å². The number of nitrogen functional groups attached to an aromatic ring is 1. The van der Waals surface area contributed by atoms with Crippen molar-refractivity contribution < 1.29 is 13.2 Å². The van der Waals surface area contributed by atoms with E-state index >= 15 is 0 Å². The Morgan fingerprint density at radius 1 is 1.38 bits per heavy atom. The van der Waals surface area contributed by atoms with Gasteiger partial charge >= 0.3 is 0 Å². The number of benzene rings is 1. The molecule has 0 aliphatic carbocycles. The summed E-state index contributed by atoms with van der Waals surface area (Å²) < 4.78 is 30.1. The van der Waals surface area contributed by atoms with Crippen LogP contribution in [0.25, 0.3) is 0 Å². The van der Waals surface area contributed by atoms with E-state index in [-0.39, 0.29) is 5.75 Å². The first-order valence-corrected chi connectivity index (χ1v) is 8.56. The molecule has 2 aliphatic rings. The Morgan fingerprint density at radius 3 is 2.76 bits per heavy atom. The predicted octanol–water partition coefficient (Wildman–Crippen LogP) is 1.56. The Bertz CT molecular complexity index is 724. The Labute approximate surface area is 125 Å². The van der Waals surface area contributed by atoms with Gasteiger partial charge in [-0.05, 0) is 32.0 Å². The molecule has 0 unspecified atom stereocenters. The highest BCUT2D eigenvalue weighted by atomic mass is 32.2. The molecule has 1 fully saturated rings. The van der Waals surface area contributed by atoms with Crippen LogP contribution in [0.4, 0.5) is 5.69 Å². The number of hydrogen-bond donors (Lipinski definition) is 2. The Morgan fingerprint density at radius 2 is 2.10 bits per heavy atom. The van der Waals surface area contributed by atoms with Crippen molar-refractivity contribution >= 4 is 15.5 Å². The average molecular weight is 308 g/mol. The molecule has 1 spiro atoms. The molecule has 21 heavy (non-hydrogen) atoms. The van der Waals surface area contributed by atoms with E-state index in [0.29, 0.717) is 30.2 Å². The van der Waals surface area contributed by atoms with E-state index in [1.54, 1.807) is 32.0 Å². The predicted molar refractivity (Wildman–Crippen MR) is 82.8 cm³/mol. The molecule has 1 aromatic carbocycles. The van der Waals surface area contributed by atoms with Gasteiger partial charge in [-0.2, -0.15) is 0 Å². The van der Waals surface area contributed by atoms with Gasteiger partial charge in [0.1, 0.15) is 10.5 Å². The molecule has 0 bridgehead atoms. The van der Waals surface area contributed by atoms with Gasteiger partial charge in [-0.15, -0.1) is 0 Å². The third kappa shape index (κ3) is 1.92. The number of ether oxygens (including phenoxy) is 1. The van der Waals surface area contributed by atoms with Crippen LogP contribution in [0.5, 0.6) is 5.75 Å². The first kappa shape index (κ1) is 14.3. The molecule has 0 radical (unpaired) electrons. The van der Waals surface area contributed by atoms with E-state index in [2.05, 4.69) is 11.9 Å². The van der Waals surface area contributed by atoms with E-state index in [0.717, 1.165) is 5.56 Å². The normalized spacial score (nSPS) is 29.3. The minimum absolute atomic E-state index is 0.0197. The van der Waals surface area contributed by atoms with Crippen LogP contribution in [0.3, 0.4) is 0 Å². The molecule has 5 nitrogen and oxygen atoms in total. The van der Waals surface area contributed by atoms with Gasteiger partial charge in [-0.3, -0.25) is 0 Å². The molecule has 0 amide bonds. The Hall–Kier alpha value is -1.69. The lowest BCUT2D eigenvalue weighted by Crippen LogP contribution is -2.61. The van der Waals surface area contributed by atoms with E-state index in [9.17, 15) is 8.42 Å². The maximum Gasteiger partial charge on any atom is 0.163 e. The quantitative estimate of drug-likeness (QED) is 0.711. The second kappa shape index (κ2) is 4.16. The van der Waals surface area contributed by atoms with Gasteiger partial charge in [0.25, 0.3) is 0 Å². The lowest BCUT2D eigenvalue weighted by molar-refractivity contribution is 0.201. The van der Waals surface area contributed by atoms with Gasteiger partial charge in [0.05, 0.1) is 17.9 Å². The van der Waals surface area contributed by atoms with Crippen LogP contribution in [0, 0.1) is 0 Å². The monoisotopic (exact) mass is 308 g/mol. The summed E-state index contributed by atoms with van der Waals surface area (Å²) in [6, 6.07) is 5.35. The van der Waals surface area contributed by atoms with Crippen LogP contribution in [-0.4, -0.2) is 25.5 Å². The molecular formula is C15H20N2O3S. The van der Waals surface area contributed by atoms with Gasteiger partial charge in [-0.25, -0.2) is 8.42 Å². The van der Waals surface area contributed by atoms with Crippen LogP contribution in [0.2, 0.25) is 0 Å². The lowest BCUT2D eigenvalue weighted by atomic mass is 9.84. The maximum atomic E-state index is 12.7. The molecule has 2 aliphatic heterocycles. The van der Waals surface area contributed by atoms with Crippen LogP contribution >= 0.6 is 0 Å². The fraction of sp³-hybridized carbons (Fsp3) is 0.467. The summed E-state index contributed by atoms with van der Waals surface area (Å²) in [4.78, 5) is 0. The molecule has 0 saturated carbocycles. The van der Waals surface area contributed by atoms with Crippen molar-refractivity contribution in [1.82, 2.24) is 5.32 Å². The first-order valence-electron chi connectivity index (χ1n) is 6.91. The van der Waals surface area contributed by atoms with Crippen molar-refractivity contribution in [3.05, 3.63) is 36.0 Å². The molecule has 2 heterocycles. The molecular weight excluding hydrogens is 288 g/mol. The van der Waals surface area contributed by atoms with Crippen molar-refractivity contribution in [2.75, 3.05) is 18.1 Å². The second-order valence-corrected chi connectivity index (χ2v) is 8.85. The van der Waals surface area contributed by atoms with Crippen LogP contribution in [0.1, 0.15) is 25.8 Å². The van der Waals surface area contributed by atoms with Gasteiger partial charge in [0, 0.05) is 23.4 Å². The van der Waals surface area contributed by atoms with Gasteiger partial charge in [0.15, 0.2) is 9.84 Å². The fourth-order valence-corrected chi connectivity index (χ4v) is 4.77. The summed E-state index contributed by atoms with van der Waals surface area (Å²) in [5.74, 6) is 0.705. The smallest absolute Gasteiger partial charge is 0.163 e. The zero-order valence-corrected chi connectivity index (χ0v) is 13.1. The highest BCUT2D eigenvalue weighted by Crippen LogP contribution is 2.45. The number of nitrogens with two attached hydrogens (primary N) is 1. The zero-order chi connectivity index (χ0) is 15.5. The number of nitrogens with one attached hydrogen (secondary N) is 1. The molecule has 3 rings (SSSR count). The van der Waals surface area contributed by atoms with Gasteiger partial charge < -0.3 is 15.8 Å². The minimum Gasteiger partial charge on any atom is -0.493 e. The number of rotatable bonds is 0. The van der Waals surface area contributed by atoms with Crippen molar-refractivity contribution in [2.24, 2.45) is 0 Å². The van der Waals surface area contributed by atoms with Crippen molar-refractivity contribution in [3.8, 4) is 5.75 Å². The fourth-order valence-electron chi connectivity index (χ4n) is 2.97. The third-order valence-corrected chi connectivity index (χ3v) is 7.31. The van der Waals surface area contributed by atoms with E-state index in [1.165, 1.54) is 0 Å². The molecule has 1 saturated heterocycles. The third-order valence-electron chi connectivity index (χ3n) is 4.64. The summed E-state index contributed by atoms with van der Waals surface area (Å²) in [5.41, 5.74) is 7.08. The zero-order valence-electron chi connectivity index (χ0n) is 12.3. The average Bonchev–Trinajstić information content (AvgIpc) is 2.37. The maximum absolute atomic E-state index is 12.7. The highest BCUT2D eigenvalue weighted by molar-refractivity contribution is 7.93. The minimum atomic E-state index is -3.33. The topological polar surface area (TPSA) is 81.4 Å². The standard InChI is InChI=1S/C15H20N2O3S/c1-10-14(2,3)21(18,19)9-15(17-10)6-7-20-13-5-4-11(16)8-12(13)15/h4-5,8,17H,1,6-7,9,16H2,2-3H3/t15-/m0/s1. The Kier molecular flexibility index (Phi) is 2.82. The van der Waals surface area contributed by atoms with Crippen LogP contribution in [-0.2, 0) is 15.4 Å². The molecule has 1 atom stereocenters. The van der Waals surface area contributed by atoms with E-state index in [4.69, 9.17) is 10.5 Å². The number of fused-ring (bicyclic) bond motifs is 2. The largest absolute Gasteiger partial charge is 0.493 e. The summed E-state index contributed by atoms with van der Waals surface area (Å²) in [7, 11) is -3.33. The summed E-state index contributed by atoms with van der Waals surface area (Å²) in [6.07, 6.45) is 0.567. The molecule has 114 valence electrons. The summed E-state index contributed by atoms with van der Waals surface area (Å²) in [5, 5.41) is 3.35. The summed E-state index contributed by atoms with van der Waals surface area (Å²) in [6.45, 7) is 7.78. The van der Waals surface area contributed by atoms with E-state index < -0.39 is 20.1 Å². The van der Waals surface area contributed by atoms with Gasteiger partial charge in [-0.1, -0.05) is 6.58 Å². The number of sulfone groups is 1. The van der Waals surface area contributed by atoms with Gasteiger partial charge in [0.2, 0.25) is 0 Å².